The van der Waals surface area contributed by atoms with Crippen molar-refractivity contribution in [2.24, 2.45) is 0 Å². The molecule has 8 nitrogen and oxygen atoms in total. The van der Waals surface area contributed by atoms with Gasteiger partial charge in [-0.3, -0.25) is 14.0 Å². The van der Waals surface area contributed by atoms with E-state index in [1.807, 2.05) is 49.4 Å². The maximum absolute atomic E-state index is 12.7. The fraction of sp³-hybridized carbons (Fsp3) is 0.120. The van der Waals surface area contributed by atoms with Crippen LogP contribution in [0.5, 0.6) is 5.75 Å². The van der Waals surface area contributed by atoms with Crippen LogP contribution in [0.3, 0.4) is 0 Å². The van der Waals surface area contributed by atoms with Gasteiger partial charge in [-0.2, -0.15) is 0 Å². The van der Waals surface area contributed by atoms with Gasteiger partial charge in [-0.1, -0.05) is 41.6 Å². The molecule has 0 saturated carbocycles. The van der Waals surface area contributed by atoms with Crippen LogP contribution >= 0.6 is 0 Å². The lowest BCUT2D eigenvalue weighted by molar-refractivity contribution is 0.0945. The van der Waals surface area contributed by atoms with E-state index < -0.39 is 11.5 Å². The highest BCUT2D eigenvalue weighted by Crippen LogP contribution is 2.36. The lowest BCUT2D eigenvalue weighted by Gasteiger charge is -2.09. The molecule has 0 saturated heterocycles. The fourth-order valence-electron chi connectivity index (χ4n) is 3.87. The highest BCUT2D eigenvalue weighted by molar-refractivity contribution is 5.99. The summed E-state index contributed by atoms with van der Waals surface area (Å²) < 4.78 is 12.3. The predicted octanol–water partition coefficient (Wildman–Crippen LogP) is 3.75. The first kappa shape index (κ1) is 20.4. The fourth-order valence-corrected chi connectivity index (χ4v) is 3.87. The van der Waals surface area contributed by atoms with Gasteiger partial charge < -0.3 is 14.6 Å². The summed E-state index contributed by atoms with van der Waals surface area (Å²) in [5, 5.41) is 8.91. The van der Waals surface area contributed by atoms with Gasteiger partial charge in [0, 0.05) is 18.5 Å². The highest BCUT2D eigenvalue weighted by Gasteiger charge is 2.17. The summed E-state index contributed by atoms with van der Waals surface area (Å²) in [5.74, 6) is 0.574. The van der Waals surface area contributed by atoms with E-state index in [-0.39, 0.29) is 12.1 Å². The van der Waals surface area contributed by atoms with Gasteiger partial charge in [0.25, 0.3) is 11.5 Å². The number of nitrogens with zero attached hydrogens (tertiary/aromatic N) is 3. The number of hydrogen-bond donors (Lipinski definition) is 1. The molecule has 5 rings (SSSR count). The second-order valence-electron chi connectivity index (χ2n) is 7.59. The summed E-state index contributed by atoms with van der Waals surface area (Å²) in [6.45, 7) is 1.92. The molecule has 0 bridgehead atoms. The maximum atomic E-state index is 12.7. The minimum absolute atomic E-state index is 0.0476. The Balaban J connectivity index is 1.40. The number of fused-ring (bicyclic) bond motifs is 2. The third-order valence-electron chi connectivity index (χ3n) is 5.52. The summed E-state index contributed by atoms with van der Waals surface area (Å²) in [6, 6.07) is 17.1. The summed E-state index contributed by atoms with van der Waals surface area (Å²) in [6.07, 6.45) is 2.89. The number of nitrogens with one attached hydrogen (secondary N) is 1. The van der Waals surface area contributed by atoms with E-state index in [0.29, 0.717) is 22.9 Å². The lowest BCUT2D eigenvalue weighted by Crippen LogP contribution is -2.31. The number of carbonyl (C=O) groups is 1. The van der Waals surface area contributed by atoms with Gasteiger partial charge in [0.15, 0.2) is 5.76 Å². The van der Waals surface area contributed by atoms with Crippen LogP contribution in [0.15, 0.2) is 76.3 Å². The van der Waals surface area contributed by atoms with E-state index in [1.165, 1.54) is 10.6 Å². The minimum Gasteiger partial charge on any atom is -0.496 e. The summed E-state index contributed by atoms with van der Waals surface area (Å²) in [4.78, 5) is 29.7. The van der Waals surface area contributed by atoms with Crippen LogP contribution in [-0.4, -0.2) is 27.6 Å². The zero-order valence-corrected chi connectivity index (χ0v) is 18.0. The van der Waals surface area contributed by atoms with Gasteiger partial charge in [-0.25, -0.2) is 4.98 Å². The second-order valence-corrected chi connectivity index (χ2v) is 7.59. The molecule has 0 aliphatic heterocycles. The topological polar surface area (TPSA) is 98.7 Å². The number of methoxy groups -OCH3 is 1. The molecule has 0 aliphatic rings. The zero-order valence-electron chi connectivity index (χ0n) is 18.0. The number of amides is 1. The van der Waals surface area contributed by atoms with Gasteiger partial charge in [0.05, 0.1) is 19.2 Å². The van der Waals surface area contributed by atoms with Crippen molar-refractivity contribution in [3.63, 3.8) is 0 Å². The molecule has 0 aliphatic carbocycles. The summed E-state index contributed by atoms with van der Waals surface area (Å²) >= 11 is 0. The molecular weight excluding hydrogens is 420 g/mol. The van der Waals surface area contributed by atoms with Crippen LogP contribution in [-0.2, 0) is 6.54 Å². The highest BCUT2D eigenvalue weighted by atomic mass is 16.5. The Kier molecular flexibility index (Phi) is 5.10. The van der Waals surface area contributed by atoms with Crippen molar-refractivity contribution in [2.45, 2.75) is 13.5 Å². The van der Waals surface area contributed by atoms with Crippen molar-refractivity contribution >= 4 is 22.3 Å². The van der Waals surface area contributed by atoms with Crippen LogP contribution in [0, 0.1) is 6.92 Å². The smallest absolute Gasteiger partial charge is 0.270 e. The van der Waals surface area contributed by atoms with E-state index in [9.17, 15) is 9.59 Å². The molecule has 0 spiro atoms. The molecule has 3 aromatic heterocycles. The number of rotatable bonds is 5. The third kappa shape index (κ3) is 3.61. The first-order chi connectivity index (χ1) is 16.1. The third-order valence-corrected chi connectivity index (χ3v) is 5.52. The number of ether oxygens (including phenoxy) is 1. The van der Waals surface area contributed by atoms with Crippen molar-refractivity contribution in [3.8, 4) is 17.0 Å². The Morgan fingerprint density at radius 1 is 1.15 bits per heavy atom. The first-order valence-corrected chi connectivity index (χ1v) is 10.3. The molecule has 0 atom stereocenters. The van der Waals surface area contributed by atoms with Crippen molar-refractivity contribution in [3.05, 3.63) is 94.2 Å². The molecule has 8 heteroatoms. The number of benzene rings is 2. The van der Waals surface area contributed by atoms with E-state index in [2.05, 4.69) is 15.5 Å². The number of carbonyl (C=O) groups excluding carboxylic acids is 1. The maximum Gasteiger partial charge on any atom is 0.270 e. The second kappa shape index (κ2) is 8.23. The predicted molar refractivity (Wildman–Crippen MR) is 123 cm³/mol. The van der Waals surface area contributed by atoms with Crippen LogP contribution in [0.1, 0.15) is 21.7 Å². The van der Waals surface area contributed by atoms with Crippen molar-refractivity contribution in [1.82, 2.24) is 19.9 Å². The number of hydrogen-bond acceptors (Lipinski definition) is 6. The normalized spacial score (nSPS) is 11.1. The molecule has 3 heterocycles. The molecule has 0 radical (unpaired) electrons. The largest absolute Gasteiger partial charge is 0.496 e. The molecule has 2 aromatic carbocycles. The van der Waals surface area contributed by atoms with E-state index in [1.54, 1.807) is 25.4 Å². The molecule has 0 fully saturated rings. The molecule has 1 N–H and O–H groups in total. The molecule has 164 valence electrons. The van der Waals surface area contributed by atoms with Gasteiger partial charge in [0.1, 0.15) is 22.7 Å². The first-order valence-electron chi connectivity index (χ1n) is 10.3. The van der Waals surface area contributed by atoms with Gasteiger partial charge in [-0.15, -0.1) is 0 Å². The molecule has 33 heavy (non-hydrogen) atoms. The number of aromatic nitrogens is 3. The number of aryl methyl sites for hydroxylation is 1. The Morgan fingerprint density at radius 3 is 2.85 bits per heavy atom. The van der Waals surface area contributed by atoms with Gasteiger partial charge in [-0.05, 0) is 35.4 Å². The zero-order chi connectivity index (χ0) is 22.9. The Morgan fingerprint density at radius 2 is 2.00 bits per heavy atom. The van der Waals surface area contributed by atoms with E-state index in [0.717, 1.165) is 21.9 Å². The lowest BCUT2D eigenvalue weighted by atomic mass is 10.0. The average molecular weight is 440 g/mol. The molecule has 0 unspecified atom stereocenters. The Bertz CT molecular complexity index is 1570. The molecule has 1 amide bonds. The van der Waals surface area contributed by atoms with Gasteiger partial charge >= 0.3 is 0 Å². The van der Waals surface area contributed by atoms with Crippen LogP contribution in [0.4, 0.5) is 0 Å². The monoisotopic (exact) mass is 440 g/mol. The molecular formula is C25H20N4O4. The minimum atomic E-state index is -0.538. The van der Waals surface area contributed by atoms with Crippen molar-refractivity contribution < 1.29 is 14.1 Å². The van der Waals surface area contributed by atoms with Crippen LogP contribution in [0.25, 0.3) is 27.7 Å². The SMILES string of the molecule is COc1ccc2ccccc2c1-c1cc(CNC(=O)c2cnc3c(C)cccn3c2=O)on1. The average Bonchev–Trinajstić information content (AvgIpc) is 3.31. The number of pyridine rings is 1. The quantitative estimate of drug-likeness (QED) is 0.447. The van der Waals surface area contributed by atoms with Crippen LogP contribution in [0.2, 0.25) is 0 Å². The van der Waals surface area contributed by atoms with Crippen molar-refractivity contribution in [2.75, 3.05) is 7.11 Å². The van der Waals surface area contributed by atoms with E-state index in [4.69, 9.17) is 9.26 Å². The molecule has 5 aromatic rings. The Hall–Kier alpha value is -4.46. The standard InChI is InChI=1S/C25H20N4O4/c1-15-6-5-11-29-23(15)26-14-19(25(29)31)24(30)27-13-17-12-20(28-33-17)22-18-8-4-3-7-16(18)9-10-21(22)32-2/h3-12,14H,13H2,1-2H3,(H,27,30). The van der Waals surface area contributed by atoms with Crippen LogP contribution < -0.4 is 15.6 Å². The van der Waals surface area contributed by atoms with E-state index >= 15 is 0 Å². The summed E-state index contributed by atoms with van der Waals surface area (Å²) in [5.41, 5.74) is 2.29. The summed E-state index contributed by atoms with van der Waals surface area (Å²) in [7, 11) is 1.60. The Labute approximate surface area is 188 Å². The van der Waals surface area contributed by atoms with Gasteiger partial charge in [0.2, 0.25) is 0 Å². The van der Waals surface area contributed by atoms with Crippen molar-refractivity contribution in [1.29, 1.82) is 0 Å².